The van der Waals surface area contributed by atoms with Gasteiger partial charge in [0.1, 0.15) is 5.60 Å². The Morgan fingerprint density at radius 3 is 2.33 bits per heavy atom. The van der Waals surface area contributed by atoms with Crippen molar-refractivity contribution in [3.05, 3.63) is 95.8 Å². The first kappa shape index (κ1) is 21.0. The number of hydrogen-bond donors (Lipinski definition) is 1. The molecule has 0 bridgehead atoms. The van der Waals surface area contributed by atoms with Crippen molar-refractivity contribution in [1.29, 1.82) is 0 Å². The smallest absolute Gasteiger partial charge is 0.412 e. The zero-order valence-corrected chi connectivity index (χ0v) is 17.3. The standard InChI is InChI=1S/C24H25N3O3/c1-24(2,3)30-23(29)25-20-14-12-18(13-15-20)17-21-11-7-8-16-27(21)26-22(28)19-9-5-4-6-10-19/h4-16H,17H2,1-3H3,(H-,25,26,28,29). The normalized spacial score (nSPS) is 11.8. The van der Waals surface area contributed by atoms with Crippen molar-refractivity contribution in [2.75, 3.05) is 5.32 Å². The van der Waals surface area contributed by atoms with Crippen LogP contribution in [0.4, 0.5) is 10.5 Å². The number of carbonyl (C=O) groups is 1. The molecule has 30 heavy (non-hydrogen) atoms. The van der Waals surface area contributed by atoms with Gasteiger partial charge >= 0.3 is 6.09 Å². The fourth-order valence-electron chi connectivity index (χ4n) is 2.78. The largest absolute Gasteiger partial charge is 0.854 e. The zero-order chi connectivity index (χ0) is 21.6. The van der Waals surface area contributed by atoms with Crippen LogP contribution in [0.2, 0.25) is 0 Å². The van der Waals surface area contributed by atoms with E-state index in [0.29, 0.717) is 17.7 Å². The van der Waals surface area contributed by atoms with Crippen molar-refractivity contribution in [2.24, 2.45) is 5.10 Å². The molecule has 1 amide bonds. The Morgan fingerprint density at radius 2 is 1.67 bits per heavy atom. The Balaban J connectivity index is 1.72. The van der Waals surface area contributed by atoms with Crippen molar-refractivity contribution in [3.63, 3.8) is 0 Å². The average Bonchev–Trinajstić information content (AvgIpc) is 2.70. The monoisotopic (exact) mass is 403 g/mol. The SMILES string of the molecule is CC(C)(C)OC(=O)Nc1ccc(Cc2cccc[n+]2/N=C(/[O-])c2ccccc2)cc1. The number of amides is 1. The third-order valence-corrected chi connectivity index (χ3v) is 4.13. The first-order chi connectivity index (χ1) is 14.3. The quantitative estimate of drug-likeness (QED) is 0.402. The van der Waals surface area contributed by atoms with Crippen molar-refractivity contribution in [3.8, 4) is 0 Å². The van der Waals surface area contributed by atoms with Gasteiger partial charge in [0.2, 0.25) is 11.9 Å². The van der Waals surface area contributed by atoms with Crippen LogP contribution in [0.5, 0.6) is 0 Å². The summed E-state index contributed by atoms with van der Waals surface area (Å²) in [6.45, 7) is 5.45. The van der Waals surface area contributed by atoms with Crippen LogP contribution in [-0.4, -0.2) is 17.6 Å². The summed E-state index contributed by atoms with van der Waals surface area (Å²) in [5.74, 6) is -0.301. The predicted molar refractivity (Wildman–Crippen MR) is 114 cm³/mol. The number of nitrogens with zero attached hydrogens (tertiary/aromatic N) is 2. The lowest BCUT2D eigenvalue weighted by atomic mass is 10.1. The molecule has 0 atom stereocenters. The van der Waals surface area contributed by atoms with Gasteiger partial charge in [-0.3, -0.25) is 5.32 Å². The fourth-order valence-corrected chi connectivity index (χ4v) is 2.78. The maximum Gasteiger partial charge on any atom is 0.412 e. The van der Waals surface area contributed by atoms with E-state index in [-0.39, 0.29) is 5.90 Å². The molecule has 0 saturated carbocycles. The molecule has 2 aromatic carbocycles. The number of benzene rings is 2. The lowest BCUT2D eigenvalue weighted by Gasteiger charge is -2.19. The van der Waals surface area contributed by atoms with E-state index in [4.69, 9.17) is 4.74 Å². The lowest BCUT2D eigenvalue weighted by molar-refractivity contribution is -0.688. The minimum atomic E-state index is -0.550. The molecule has 0 aliphatic rings. The third-order valence-electron chi connectivity index (χ3n) is 4.13. The van der Waals surface area contributed by atoms with Gasteiger partial charge in [0.15, 0.2) is 0 Å². The number of aromatic nitrogens is 1. The Kier molecular flexibility index (Phi) is 6.47. The zero-order valence-electron chi connectivity index (χ0n) is 17.3. The Morgan fingerprint density at radius 1 is 1.00 bits per heavy atom. The van der Waals surface area contributed by atoms with Gasteiger partial charge in [-0.15, -0.1) is 0 Å². The lowest BCUT2D eigenvalue weighted by Crippen LogP contribution is -2.37. The predicted octanol–water partition coefficient (Wildman–Crippen LogP) is 3.48. The van der Waals surface area contributed by atoms with Gasteiger partial charge < -0.3 is 9.84 Å². The highest BCUT2D eigenvalue weighted by Crippen LogP contribution is 2.14. The molecule has 0 aliphatic heterocycles. The van der Waals surface area contributed by atoms with Crippen LogP contribution in [0.3, 0.4) is 0 Å². The first-order valence-electron chi connectivity index (χ1n) is 9.70. The Bertz CT molecular complexity index is 1020. The summed E-state index contributed by atoms with van der Waals surface area (Å²) in [7, 11) is 0. The van der Waals surface area contributed by atoms with E-state index in [1.165, 1.54) is 0 Å². The molecule has 1 heterocycles. The molecule has 154 valence electrons. The molecule has 0 unspecified atom stereocenters. The van der Waals surface area contributed by atoms with Crippen LogP contribution < -0.4 is 15.1 Å². The van der Waals surface area contributed by atoms with E-state index in [2.05, 4.69) is 10.4 Å². The highest BCUT2D eigenvalue weighted by Gasteiger charge is 2.16. The minimum Gasteiger partial charge on any atom is -0.854 e. The summed E-state index contributed by atoms with van der Waals surface area (Å²) in [6.07, 6.45) is 1.85. The molecular weight excluding hydrogens is 378 g/mol. The first-order valence-corrected chi connectivity index (χ1v) is 9.70. The average molecular weight is 403 g/mol. The summed E-state index contributed by atoms with van der Waals surface area (Å²) in [5, 5.41) is 19.4. The van der Waals surface area contributed by atoms with Crippen molar-refractivity contribution >= 4 is 17.7 Å². The molecule has 1 aromatic heterocycles. The molecule has 0 saturated heterocycles. The number of hydrogen-bond acceptors (Lipinski definition) is 4. The van der Waals surface area contributed by atoms with E-state index in [1.807, 2.05) is 81.4 Å². The highest BCUT2D eigenvalue weighted by molar-refractivity contribution is 5.89. The summed E-state index contributed by atoms with van der Waals surface area (Å²) < 4.78 is 6.86. The third kappa shape index (κ3) is 6.17. The molecule has 3 aromatic rings. The van der Waals surface area contributed by atoms with Gasteiger partial charge in [-0.25, -0.2) is 4.79 Å². The number of anilines is 1. The number of carbonyl (C=O) groups excluding carboxylic acids is 1. The number of rotatable bonds is 5. The van der Waals surface area contributed by atoms with Crippen LogP contribution in [0.15, 0.2) is 84.1 Å². The maximum absolute atomic E-state index is 12.4. The second kappa shape index (κ2) is 9.22. The van der Waals surface area contributed by atoms with Crippen molar-refractivity contribution in [2.45, 2.75) is 32.8 Å². The minimum absolute atomic E-state index is 0.301. The topological polar surface area (TPSA) is 77.6 Å². The van der Waals surface area contributed by atoms with Gasteiger partial charge in [-0.05, 0) is 55.2 Å². The Labute approximate surface area is 176 Å². The molecule has 0 aliphatic carbocycles. The van der Waals surface area contributed by atoms with E-state index in [9.17, 15) is 9.90 Å². The van der Waals surface area contributed by atoms with Gasteiger partial charge in [0.05, 0.1) is 12.3 Å². The van der Waals surface area contributed by atoms with E-state index in [1.54, 1.807) is 23.0 Å². The van der Waals surface area contributed by atoms with Crippen LogP contribution in [-0.2, 0) is 11.2 Å². The molecule has 3 rings (SSSR count). The second-order valence-corrected chi connectivity index (χ2v) is 7.81. The molecule has 0 radical (unpaired) electrons. The van der Waals surface area contributed by atoms with Crippen molar-refractivity contribution < 1.29 is 19.3 Å². The van der Waals surface area contributed by atoms with Crippen LogP contribution >= 0.6 is 0 Å². The molecular formula is C24H25N3O3. The fraction of sp³-hybridized carbons (Fsp3) is 0.208. The Hall–Kier alpha value is -3.67. The molecule has 6 heteroatoms. The number of nitrogens with one attached hydrogen (secondary N) is 1. The summed E-state index contributed by atoms with van der Waals surface area (Å²) in [4.78, 5) is 11.9. The van der Waals surface area contributed by atoms with E-state index >= 15 is 0 Å². The molecule has 1 N–H and O–H groups in total. The molecule has 0 spiro atoms. The highest BCUT2D eigenvalue weighted by atomic mass is 16.6. The van der Waals surface area contributed by atoms with Crippen LogP contribution in [0.1, 0.15) is 37.6 Å². The summed E-state index contributed by atoms with van der Waals surface area (Å²) in [6, 6.07) is 22.1. The van der Waals surface area contributed by atoms with Gasteiger partial charge in [0.25, 0.3) is 0 Å². The van der Waals surface area contributed by atoms with Crippen molar-refractivity contribution in [1.82, 2.24) is 0 Å². The molecule has 0 fully saturated rings. The van der Waals surface area contributed by atoms with E-state index in [0.717, 1.165) is 11.3 Å². The van der Waals surface area contributed by atoms with Gasteiger partial charge in [0, 0.05) is 17.8 Å². The number of pyridine rings is 1. The van der Waals surface area contributed by atoms with Crippen LogP contribution in [0.25, 0.3) is 0 Å². The maximum atomic E-state index is 12.4. The summed E-state index contributed by atoms with van der Waals surface area (Å²) in [5.41, 5.74) is 2.53. The van der Waals surface area contributed by atoms with Crippen LogP contribution in [0, 0.1) is 0 Å². The van der Waals surface area contributed by atoms with E-state index < -0.39 is 11.7 Å². The second-order valence-electron chi connectivity index (χ2n) is 7.81. The molecule has 6 nitrogen and oxygen atoms in total. The number of ether oxygens (including phenoxy) is 1. The van der Waals surface area contributed by atoms with Gasteiger partial charge in [-0.2, -0.15) is 0 Å². The summed E-state index contributed by atoms with van der Waals surface area (Å²) >= 11 is 0. The van der Waals surface area contributed by atoms with Gasteiger partial charge in [-0.1, -0.05) is 47.1 Å².